The number of aromatic nitrogens is 2. The first-order valence-electron chi connectivity index (χ1n) is 8.96. The Balaban J connectivity index is 1.78. The van der Waals surface area contributed by atoms with Crippen LogP contribution in [0.1, 0.15) is 36.7 Å². The summed E-state index contributed by atoms with van der Waals surface area (Å²) in [5, 5.41) is 23.1. The highest BCUT2D eigenvalue weighted by molar-refractivity contribution is 5.92. The van der Waals surface area contributed by atoms with Crippen molar-refractivity contribution >= 4 is 5.91 Å². The van der Waals surface area contributed by atoms with E-state index in [0.29, 0.717) is 25.1 Å². The molecular formula is C19H25N3O4. The minimum atomic E-state index is -0.784. The SMILES string of the molecule is CCC[C@]1(CO)CCN(C(=O)c2cc(=O)n(-c3ccccc3)[nH]2)C[C@@H]1O. The van der Waals surface area contributed by atoms with E-state index in [1.165, 1.54) is 15.6 Å². The normalized spacial score (nSPS) is 23.2. The molecule has 1 aromatic carbocycles. The second-order valence-corrected chi connectivity index (χ2v) is 6.97. The van der Waals surface area contributed by atoms with Gasteiger partial charge >= 0.3 is 0 Å². The predicted octanol–water partition coefficient (Wildman–Crippen LogP) is 1.15. The summed E-state index contributed by atoms with van der Waals surface area (Å²) >= 11 is 0. The van der Waals surface area contributed by atoms with Gasteiger partial charge in [0.1, 0.15) is 5.69 Å². The van der Waals surface area contributed by atoms with Crippen LogP contribution in [0.25, 0.3) is 5.69 Å². The zero-order valence-corrected chi connectivity index (χ0v) is 14.9. The Bertz CT molecular complexity index is 814. The molecule has 3 rings (SSSR count). The summed E-state index contributed by atoms with van der Waals surface area (Å²) in [7, 11) is 0. The van der Waals surface area contributed by atoms with Crippen LogP contribution in [0.2, 0.25) is 0 Å². The summed E-state index contributed by atoms with van der Waals surface area (Å²) in [6.07, 6.45) is 1.33. The highest BCUT2D eigenvalue weighted by Gasteiger charge is 2.42. The van der Waals surface area contributed by atoms with Gasteiger partial charge in [0, 0.05) is 24.6 Å². The van der Waals surface area contributed by atoms with Crippen LogP contribution in [0.15, 0.2) is 41.2 Å². The molecule has 2 aromatic rings. The van der Waals surface area contributed by atoms with Crippen molar-refractivity contribution in [3.63, 3.8) is 0 Å². The van der Waals surface area contributed by atoms with E-state index in [2.05, 4.69) is 5.10 Å². The van der Waals surface area contributed by atoms with Gasteiger partial charge < -0.3 is 15.1 Å². The Morgan fingerprint density at radius 3 is 2.69 bits per heavy atom. The zero-order chi connectivity index (χ0) is 18.7. The number of carbonyl (C=O) groups is 1. The van der Waals surface area contributed by atoms with Gasteiger partial charge in [-0.05, 0) is 25.0 Å². The number of hydrogen-bond donors (Lipinski definition) is 3. The Labute approximate surface area is 151 Å². The number of carbonyl (C=O) groups excluding carboxylic acids is 1. The molecule has 1 aliphatic heterocycles. The van der Waals surface area contributed by atoms with Crippen LogP contribution >= 0.6 is 0 Å². The predicted molar refractivity (Wildman–Crippen MR) is 97.3 cm³/mol. The summed E-state index contributed by atoms with van der Waals surface area (Å²) in [5.74, 6) is -0.320. The third kappa shape index (κ3) is 3.32. The third-order valence-electron chi connectivity index (χ3n) is 5.30. The van der Waals surface area contributed by atoms with Gasteiger partial charge in [0.2, 0.25) is 0 Å². The number of aliphatic hydroxyl groups is 2. The zero-order valence-electron chi connectivity index (χ0n) is 14.9. The Kier molecular flexibility index (Phi) is 5.29. The van der Waals surface area contributed by atoms with Crippen LogP contribution in [0.3, 0.4) is 0 Å². The fourth-order valence-electron chi connectivity index (χ4n) is 3.70. The van der Waals surface area contributed by atoms with Gasteiger partial charge in [-0.25, -0.2) is 4.68 Å². The van der Waals surface area contributed by atoms with Crippen molar-refractivity contribution in [2.24, 2.45) is 5.41 Å². The van der Waals surface area contributed by atoms with E-state index in [1.807, 2.05) is 25.1 Å². The molecule has 1 saturated heterocycles. The summed E-state index contributed by atoms with van der Waals surface area (Å²) in [6, 6.07) is 10.3. The number of aliphatic hydroxyl groups excluding tert-OH is 2. The quantitative estimate of drug-likeness (QED) is 0.746. The van der Waals surface area contributed by atoms with Crippen LogP contribution in [-0.4, -0.2) is 56.6 Å². The number of H-pyrrole nitrogens is 1. The van der Waals surface area contributed by atoms with E-state index in [-0.39, 0.29) is 30.3 Å². The van der Waals surface area contributed by atoms with Gasteiger partial charge in [0.15, 0.2) is 0 Å². The molecule has 0 unspecified atom stereocenters. The number of likely N-dealkylation sites (tertiary alicyclic amines) is 1. The fourth-order valence-corrected chi connectivity index (χ4v) is 3.70. The molecule has 1 amide bonds. The summed E-state index contributed by atoms with van der Waals surface area (Å²) in [4.78, 5) is 26.5. The first-order chi connectivity index (χ1) is 12.5. The number of hydrogen-bond acceptors (Lipinski definition) is 4. The van der Waals surface area contributed by atoms with Crippen molar-refractivity contribution in [2.75, 3.05) is 19.7 Å². The number of aromatic amines is 1. The van der Waals surface area contributed by atoms with Crippen molar-refractivity contribution < 1.29 is 15.0 Å². The Morgan fingerprint density at radius 2 is 2.08 bits per heavy atom. The minimum Gasteiger partial charge on any atom is -0.396 e. The minimum absolute atomic E-state index is 0.0920. The van der Waals surface area contributed by atoms with E-state index < -0.39 is 11.5 Å². The number of rotatable bonds is 5. The van der Waals surface area contributed by atoms with E-state index in [4.69, 9.17) is 0 Å². The van der Waals surface area contributed by atoms with Crippen molar-refractivity contribution in [3.05, 3.63) is 52.4 Å². The van der Waals surface area contributed by atoms with Crippen molar-refractivity contribution in [2.45, 2.75) is 32.3 Å². The summed E-state index contributed by atoms with van der Waals surface area (Å²) < 4.78 is 1.32. The van der Waals surface area contributed by atoms with Crippen LogP contribution in [0, 0.1) is 5.41 Å². The molecule has 0 aliphatic carbocycles. The lowest BCUT2D eigenvalue weighted by Gasteiger charge is -2.44. The van der Waals surface area contributed by atoms with E-state index in [1.54, 1.807) is 12.1 Å². The number of nitrogens with zero attached hydrogens (tertiary/aromatic N) is 2. The molecule has 7 heteroatoms. The number of nitrogens with one attached hydrogen (secondary N) is 1. The van der Waals surface area contributed by atoms with Crippen molar-refractivity contribution in [1.82, 2.24) is 14.7 Å². The second kappa shape index (κ2) is 7.47. The summed E-state index contributed by atoms with van der Waals surface area (Å²) in [6.45, 7) is 2.51. The van der Waals surface area contributed by atoms with Crippen LogP contribution in [0.4, 0.5) is 0 Å². The maximum Gasteiger partial charge on any atom is 0.272 e. The molecule has 1 aromatic heterocycles. The second-order valence-electron chi connectivity index (χ2n) is 6.97. The van der Waals surface area contributed by atoms with Gasteiger partial charge in [-0.2, -0.15) is 0 Å². The number of β-amino-alcohol motifs (C(OH)–C–C–N with tert-alkyl or cyclic N) is 1. The molecule has 2 atom stereocenters. The lowest BCUT2D eigenvalue weighted by Crippen LogP contribution is -2.54. The first-order valence-corrected chi connectivity index (χ1v) is 8.96. The first kappa shape index (κ1) is 18.4. The van der Waals surface area contributed by atoms with Gasteiger partial charge in [-0.3, -0.25) is 14.7 Å². The molecule has 7 nitrogen and oxygen atoms in total. The molecule has 0 spiro atoms. The Morgan fingerprint density at radius 1 is 1.35 bits per heavy atom. The highest BCUT2D eigenvalue weighted by Crippen LogP contribution is 2.36. The lowest BCUT2D eigenvalue weighted by molar-refractivity contribution is -0.0714. The molecular weight excluding hydrogens is 334 g/mol. The molecule has 0 saturated carbocycles. The van der Waals surface area contributed by atoms with Crippen LogP contribution in [-0.2, 0) is 0 Å². The standard InChI is InChI=1S/C19H25N3O4/c1-2-8-19(13-23)9-10-21(12-16(19)24)18(26)15-11-17(25)22(20-15)14-6-4-3-5-7-14/h3-7,11,16,20,23-24H,2,8-10,12-13H2,1H3/t16-,19+/m0/s1. The van der Waals surface area contributed by atoms with Crippen LogP contribution < -0.4 is 5.56 Å². The molecule has 0 radical (unpaired) electrons. The van der Waals surface area contributed by atoms with E-state index in [9.17, 15) is 19.8 Å². The number of amides is 1. The van der Waals surface area contributed by atoms with Gasteiger partial charge in [-0.1, -0.05) is 31.5 Å². The van der Waals surface area contributed by atoms with Gasteiger partial charge in [-0.15, -0.1) is 0 Å². The third-order valence-corrected chi connectivity index (χ3v) is 5.30. The molecule has 2 heterocycles. The van der Waals surface area contributed by atoms with Crippen molar-refractivity contribution in [1.29, 1.82) is 0 Å². The number of para-hydroxylation sites is 1. The summed E-state index contributed by atoms with van der Waals surface area (Å²) in [5.41, 5.74) is -0.0159. The Hall–Kier alpha value is -2.38. The maximum atomic E-state index is 12.8. The number of benzene rings is 1. The monoisotopic (exact) mass is 359 g/mol. The molecule has 0 bridgehead atoms. The van der Waals surface area contributed by atoms with Gasteiger partial charge in [0.25, 0.3) is 11.5 Å². The van der Waals surface area contributed by atoms with Crippen LogP contribution in [0.5, 0.6) is 0 Å². The molecule has 26 heavy (non-hydrogen) atoms. The molecule has 3 N–H and O–H groups in total. The van der Waals surface area contributed by atoms with E-state index >= 15 is 0 Å². The highest BCUT2D eigenvalue weighted by atomic mass is 16.3. The smallest absolute Gasteiger partial charge is 0.272 e. The maximum absolute atomic E-state index is 12.8. The molecule has 1 fully saturated rings. The largest absolute Gasteiger partial charge is 0.396 e. The topological polar surface area (TPSA) is 98.6 Å². The fraction of sp³-hybridized carbons (Fsp3) is 0.474. The molecule has 140 valence electrons. The molecule has 1 aliphatic rings. The van der Waals surface area contributed by atoms with Gasteiger partial charge in [0.05, 0.1) is 18.4 Å². The average molecular weight is 359 g/mol. The average Bonchev–Trinajstić information content (AvgIpc) is 3.05. The number of piperidine rings is 1. The lowest BCUT2D eigenvalue weighted by atomic mass is 9.73. The van der Waals surface area contributed by atoms with E-state index in [0.717, 1.165) is 6.42 Å². The van der Waals surface area contributed by atoms with Crippen molar-refractivity contribution in [3.8, 4) is 5.69 Å².